The summed E-state index contributed by atoms with van der Waals surface area (Å²) in [5, 5.41) is 3.30. The number of nitrogens with zero attached hydrogens (tertiary/aromatic N) is 1. The number of benzene rings is 1. The average Bonchev–Trinajstić information content (AvgIpc) is 2.81. The minimum absolute atomic E-state index is 0.0928. The van der Waals surface area contributed by atoms with Gasteiger partial charge >= 0.3 is 0 Å². The van der Waals surface area contributed by atoms with Gasteiger partial charge in [0.2, 0.25) is 0 Å². The van der Waals surface area contributed by atoms with Gasteiger partial charge in [-0.05, 0) is 44.0 Å². The van der Waals surface area contributed by atoms with Crippen LogP contribution in [0.15, 0.2) is 30.4 Å². The third-order valence-electron chi connectivity index (χ3n) is 3.19. The van der Waals surface area contributed by atoms with E-state index in [4.69, 9.17) is 0 Å². The minimum atomic E-state index is 0.0928. The molecular weight excluding hydrogens is 224 g/mol. The smallest absolute Gasteiger partial charge is 0.254 e. The molecule has 1 aliphatic rings. The Bertz CT molecular complexity index is 479. The number of rotatable bonds is 4. The van der Waals surface area contributed by atoms with Gasteiger partial charge < -0.3 is 10.2 Å². The highest BCUT2D eigenvalue weighted by Gasteiger charge is 2.17. The van der Waals surface area contributed by atoms with Gasteiger partial charge in [0.1, 0.15) is 0 Å². The number of anilines is 1. The summed E-state index contributed by atoms with van der Waals surface area (Å²) in [7, 11) is 0. The lowest BCUT2D eigenvalue weighted by Gasteiger charge is -2.21. The largest absolute Gasteiger partial charge is 0.384 e. The van der Waals surface area contributed by atoms with Crippen molar-refractivity contribution in [3.63, 3.8) is 0 Å². The van der Waals surface area contributed by atoms with Crippen LogP contribution in [0.5, 0.6) is 0 Å². The summed E-state index contributed by atoms with van der Waals surface area (Å²) in [5.74, 6) is 0.0928. The van der Waals surface area contributed by atoms with Crippen LogP contribution in [0, 0.1) is 0 Å². The Balaban J connectivity index is 2.19. The number of amides is 1. The van der Waals surface area contributed by atoms with Crippen molar-refractivity contribution in [1.29, 1.82) is 0 Å². The highest BCUT2D eigenvalue weighted by atomic mass is 16.2. The van der Waals surface area contributed by atoms with Crippen LogP contribution >= 0.6 is 0 Å². The molecule has 0 spiro atoms. The molecule has 96 valence electrons. The predicted molar refractivity (Wildman–Crippen MR) is 75.0 cm³/mol. The molecule has 0 atom stereocenters. The van der Waals surface area contributed by atoms with Crippen molar-refractivity contribution in [3.8, 4) is 0 Å². The van der Waals surface area contributed by atoms with E-state index < -0.39 is 0 Å². The maximum Gasteiger partial charge on any atom is 0.254 e. The number of hydrogen-bond donors (Lipinski definition) is 1. The van der Waals surface area contributed by atoms with Crippen molar-refractivity contribution in [1.82, 2.24) is 4.90 Å². The van der Waals surface area contributed by atoms with E-state index in [9.17, 15) is 4.79 Å². The van der Waals surface area contributed by atoms with E-state index in [1.165, 1.54) is 5.56 Å². The first-order valence-electron chi connectivity index (χ1n) is 6.42. The van der Waals surface area contributed by atoms with E-state index in [-0.39, 0.29) is 5.91 Å². The molecule has 1 aliphatic heterocycles. The third kappa shape index (κ3) is 2.55. The molecule has 0 bridgehead atoms. The molecule has 18 heavy (non-hydrogen) atoms. The third-order valence-corrected chi connectivity index (χ3v) is 3.19. The van der Waals surface area contributed by atoms with Crippen LogP contribution in [0.2, 0.25) is 0 Å². The maximum atomic E-state index is 12.4. The average molecular weight is 244 g/mol. The molecular formula is C15H20N2O. The van der Waals surface area contributed by atoms with Crippen molar-refractivity contribution in [2.75, 3.05) is 25.0 Å². The molecule has 3 nitrogen and oxygen atoms in total. The second kappa shape index (κ2) is 5.25. The molecule has 0 fully saturated rings. The maximum absolute atomic E-state index is 12.4. The van der Waals surface area contributed by atoms with Crippen LogP contribution in [-0.4, -0.2) is 30.4 Å². The lowest BCUT2D eigenvalue weighted by atomic mass is 10.1. The Morgan fingerprint density at radius 2 is 2.28 bits per heavy atom. The molecule has 3 heteroatoms. The van der Waals surface area contributed by atoms with Crippen LogP contribution in [0.4, 0.5) is 5.69 Å². The highest BCUT2D eigenvalue weighted by molar-refractivity contribution is 5.95. The van der Waals surface area contributed by atoms with Crippen molar-refractivity contribution in [3.05, 3.63) is 41.5 Å². The monoisotopic (exact) mass is 244 g/mol. The van der Waals surface area contributed by atoms with Crippen LogP contribution in [-0.2, 0) is 6.42 Å². The van der Waals surface area contributed by atoms with Gasteiger partial charge in [-0.2, -0.15) is 0 Å². The van der Waals surface area contributed by atoms with Gasteiger partial charge in [-0.1, -0.05) is 12.2 Å². The molecule has 0 saturated carbocycles. The number of fused-ring (bicyclic) bond motifs is 1. The summed E-state index contributed by atoms with van der Waals surface area (Å²) in [6.45, 7) is 10.1. The molecule has 1 aromatic carbocycles. The number of carbonyl (C=O) groups excluding carboxylic acids is 1. The minimum Gasteiger partial charge on any atom is -0.384 e. The van der Waals surface area contributed by atoms with Crippen LogP contribution in [0.3, 0.4) is 0 Å². The Morgan fingerprint density at radius 3 is 2.94 bits per heavy atom. The summed E-state index contributed by atoms with van der Waals surface area (Å²) >= 11 is 0. The number of nitrogens with one attached hydrogen (secondary N) is 1. The van der Waals surface area contributed by atoms with Gasteiger partial charge in [0, 0.05) is 30.9 Å². The summed E-state index contributed by atoms with van der Waals surface area (Å²) in [6.07, 6.45) is 1.00. The van der Waals surface area contributed by atoms with Crippen molar-refractivity contribution in [2.24, 2.45) is 0 Å². The summed E-state index contributed by atoms with van der Waals surface area (Å²) in [4.78, 5) is 14.2. The van der Waals surface area contributed by atoms with E-state index in [2.05, 4.69) is 11.9 Å². The standard InChI is InChI=1S/C15H20N2O/c1-4-17(10-11(2)3)15(18)13-5-6-14-12(9-13)7-8-16-14/h5-6,9,16H,2,4,7-8,10H2,1,3H3. The van der Waals surface area contributed by atoms with Gasteiger partial charge in [0.15, 0.2) is 0 Å². The Labute approximate surface area is 108 Å². The van der Waals surface area contributed by atoms with E-state index in [1.54, 1.807) is 0 Å². The van der Waals surface area contributed by atoms with Crippen LogP contribution in [0.1, 0.15) is 29.8 Å². The predicted octanol–water partition coefficient (Wildman–Crippen LogP) is 2.69. The molecule has 1 N–H and O–H groups in total. The quantitative estimate of drug-likeness (QED) is 0.826. The fourth-order valence-electron chi connectivity index (χ4n) is 2.27. The second-order valence-corrected chi connectivity index (χ2v) is 4.83. The van der Waals surface area contributed by atoms with Gasteiger partial charge in [-0.25, -0.2) is 0 Å². The number of hydrogen-bond acceptors (Lipinski definition) is 2. The van der Waals surface area contributed by atoms with Crippen molar-refractivity contribution < 1.29 is 4.79 Å². The van der Waals surface area contributed by atoms with E-state index >= 15 is 0 Å². The first kappa shape index (κ1) is 12.7. The molecule has 0 unspecified atom stereocenters. The lowest BCUT2D eigenvalue weighted by molar-refractivity contribution is 0.0778. The summed E-state index contributed by atoms with van der Waals surface area (Å²) < 4.78 is 0. The molecule has 1 heterocycles. The summed E-state index contributed by atoms with van der Waals surface area (Å²) in [5.41, 5.74) is 4.19. The van der Waals surface area contributed by atoms with Gasteiger partial charge in [0.25, 0.3) is 5.91 Å². The van der Waals surface area contributed by atoms with E-state index in [0.29, 0.717) is 13.1 Å². The SMILES string of the molecule is C=C(C)CN(CC)C(=O)c1ccc2c(c1)CCN2. The summed E-state index contributed by atoms with van der Waals surface area (Å²) in [6, 6.07) is 5.92. The molecule has 1 amide bonds. The Hall–Kier alpha value is -1.77. The first-order valence-corrected chi connectivity index (χ1v) is 6.42. The molecule has 0 saturated heterocycles. The highest BCUT2D eigenvalue weighted by Crippen LogP contribution is 2.23. The van der Waals surface area contributed by atoms with Gasteiger partial charge in [-0.15, -0.1) is 0 Å². The first-order chi connectivity index (χ1) is 8.61. The van der Waals surface area contributed by atoms with Gasteiger partial charge in [0.05, 0.1) is 0 Å². The molecule has 0 aromatic heterocycles. The molecule has 2 rings (SSSR count). The van der Waals surface area contributed by atoms with E-state index in [0.717, 1.165) is 29.8 Å². The number of carbonyl (C=O) groups is 1. The molecule has 1 aromatic rings. The fourth-order valence-corrected chi connectivity index (χ4v) is 2.27. The second-order valence-electron chi connectivity index (χ2n) is 4.83. The zero-order valence-electron chi connectivity index (χ0n) is 11.1. The molecule has 0 aliphatic carbocycles. The zero-order valence-corrected chi connectivity index (χ0v) is 11.1. The van der Waals surface area contributed by atoms with Crippen molar-refractivity contribution >= 4 is 11.6 Å². The fraction of sp³-hybridized carbons (Fsp3) is 0.400. The molecule has 0 radical (unpaired) electrons. The van der Waals surface area contributed by atoms with Crippen LogP contribution < -0.4 is 5.32 Å². The van der Waals surface area contributed by atoms with Crippen molar-refractivity contribution in [2.45, 2.75) is 20.3 Å². The lowest BCUT2D eigenvalue weighted by Crippen LogP contribution is -2.32. The van der Waals surface area contributed by atoms with Crippen LogP contribution in [0.25, 0.3) is 0 Å². The zero-order chi connectivity index (χ0) is 13.1. The Kier molecular flexibility index (Phi) is 3.70. The van der Waals surface area contributed by atoms with Gasteiger partial charge in [-0.3, -0.25) is 4.79 Å². The topological polar surface area (TPSA) is 32.3 Å². The Morgan fingerprint density at radius 1 is 1.50 bits per heavy atom. The number of likely N-dealkylation sites (N-methyl/N-ethyl adjacent to an activating group) is 1. The van der Waals surface area contributed by atoms with E-state index in [1.807, 2.05) is 36.9 Å². The normalized spacial score (nSPS) is 12.8.